The highest BCUT2D eigenvalue weighted by Gasteiger charge is 2.23. The molecular formula is C19H20N3OS+. The molecule has 5 heteroatoms. The van der Waals surface area contributed by atoms with Gasteiger partial charge >= 0.3 is 0 Å². The number of ketones is 1. The minimum absolute atomic E-state index is 0.0174. The molecule has 1 aliphatic heterocycles. The van der Waals surface area contributed by atoms with E-state index in [1.165, 1.54) is 21.8 Å². The first-order valence-electron chi connectivity index (χ1n) is 8.16. The molecule has 1 aliphatic rings. The summed E-state index contributed by atoms with van der Waals surface area (Å²) >= 11 is 1.41. The van der Waals surface area contributed by atoms with Crippen LogP contribution in [-0.4, -0.2) is 24.4 Å². The number of nitrogens with zero attached hydrogens (tertiary/aromatic N) is 1. The number of hydrogen-bond acceptors (Lipinski definition) is 4. The first-order chi connectivity index (χ1) is 11.5. The highest BCUT2D eigenvalue weighted by Crippen LogP contribution is 2.35. The molecule has 0 spiro atoms. The lowest BCUT2D eigenvalue weighted by molar-refractivity contribution is -0.895. The maximum atomic E-state index is 12.8. The minimum Gasteiger partial charge on any atom is -0.397 e. The minimum atomic E-state index is -0.0174. The van der Waals surface area contributed by atoms with E-state index in [0.717, 1.165) is 41.0 Å². The number of quaternary nitrogens is 1. The summed E-state index contributed by atoms with van der Waals surface area (Å²) in [7, 11) is 2.19. The molecule has 3 N–H and O–H groups in total. The van der Waals surface area contributed by atoms with Crippen molar-refractivity contribution >= 4 is 33.0 Å². The molecule has 0 bridgehead atoms. The molecular weight excluding hydrogens is 318 g/mol. The van der Waals surface area contributed by atoms with Crippen LogP contribution in [0, 0.1) is 6.92 Å². The summed E-state index contributed by atoms with van der Waals surface area (Å²) in [5, 5.41) is 0.920. The number of pyridine rings is 1. The van der Waals surface area contributed by atoms with Gasteiger partial charge in [0.05, 0.1) is 25.0 Å². The number of fused-ring (bicyclic) bond motifs is 2. The molecule has 3 heterocycles. The fourth-order valence-corrected chi connectivity index (χ4v) is 4.30. The molecule has 0 radical (unpaired) electrons. The lowest BCUT2D eigenvalue weighted by Gasteiger charge is -2.21. The third kappa shape index (κ3) is 2.50. The highest BCUT2D eigenvalue weighted by atomic mass is 32.1. The van der Waals surface area contributed by atoms with Gasteiger partial charge in [-0.05, 0) is 13.0 Å². The van der Waals surface area contributed by atoms with E-state index in [9.17, 15) is 4.79 Å². The largest absolute Gasteiger partial charge is 0.397 e. The van der Waals surface area contributed by atoms with E-state index < -0.39 is 0 Å². The number of aryl methyl sites for hydroxylation is 1. The van der Waals surface area contributed by atoms with Gasteiger partial charge in [-0.2, -0.15) is 0 Å². The maximum absolute atomic E-state index is 12.8. The number of anilines is 1. The van der Waals surface area contributed by atoms with Crippen molar-refractivity contribution in [3.63, 3.8) is 0 Å². The predicted octanol–water partition coefficient (Wildman–Crippen LogP) is 1.99. The van der Waals surface area contributed by atoms with E-state index in [2.05, 4.69) is 13.1 Å². The van der Waals surface area contributed by atoms with Crippen LogP contribution in [0.1, 0.15) is 32.1 Å². The number of rotatable bonds is 2. The molecule has 4 rings (SSSR count). The molecule has 2 aromatic heterocycles. The first kappa shape index (κ1) is 15.3. The average molecular weight is 338 g/mol. The fraction of sp³-hybridized carbons (Fsp3) is 0.263. The van der Waals surface area contributed by atoms with Crippen molar-refractivity contribution in [1.82, 2.24) is 4.98 Å². The molecule has 0 aliphatic carbocycles. The Morgan fingerprint density at radius 1 is 1.29 bits per heavy atom. The molecule has 1 atom stereocenters. The van der Waals surface area contributed by atoms with E-state index in [-0.39, 0.29) is 5.78 Å². The van der Waals surface area contributed by atoms with Crippen LogP contribution in [0.4, 0.5) is 5.69 Å². The van der Waals surface area contributed by atoms with Crippen molar-refractivity contribution in [3.05, 3.63) is 57.6 Å². The summed E-state index contributed by atoms with van der Waals surface area (Å²) in [5.74, 6) is -0.0174. The van der Waals surface area contributed by atoms with E-state index in [1.807, 2.05) is 31.2 Å². The number of aromatic nitrogens is 1. The van der Waals surface area contributed by atoms with Crippen LogP contribution < -0.4 is 10.6 Å². The summed E-state index contributed by atoms with van der Waals surface area (Å²) in [6, 6.07) is 9.76. The van der Waals surface area contributed by atoms with Crippen LogP contribution >= 0.6 is 11.3 Å². The standard InChI is InChI=1S/C19H19N3OS/c1-11-3-5-12(6-4-11)17(23)18-16(20)14-9-13-10-22(2)8-7-15(13)21-19(14)24-18/h3-6,9H,7-8,10,20H2,1-2H3/p+1. The zero-order valence-corrected chi connectivity index (χ0v) is 14.7. The van der Waals surface area contributed by atoms with Crippen molar-refractivity contribution in [2.24, 2.45) is 0 Å². The molecule has 0 saturated heterocycles. The summed E-state index contributed by atoms with van der Waals surface area (Å²) in [6.07, 6.45) is 0.982. The summed E-state index contributed by atoms with van der Waals surface area (Å²) in [6.45, 7) is 4.08. The van der Waals surface area contributed by atoms with Gasteiger partial charge in [0.25, 0.3) is 0 Å². The molecule has 4 nitrogen and oxygen atoms in total. The summed E-state index contributed by atoms with van der Waals surface area (Å²) < 4.78 is 0. The molecule has 24 heavy (non-hydrogen) atoms. The van der Waals surface area contributed by atoms with E-state index in [4.69, 9.17) is 10.7 Å². The molecule has 0 fully saturated rings. The third-order valence-electron chi connectivity index (χ3n) is 4.69. The third-order valence-corrected chi connectivity index (χ3v) is 5.80. The second-order valence-electron chi connectivity index (χ2n) is 6.62. The number of likely N-dealkylation sites (N-methyl/N-ethyl adjacent to an activating group) is 1. The highest BCUT2D eigenvalue weighted by molar-refractivity contribution is 7.21. The van der Waals surface area contributed by atoms with Crippen molar-refractivity contribution in [1.29, 1.82) is 0 Å². The van der Waals surface area contributed by atoms with Gasteiger partial charge in [0.2, 0.25) is 5.78 Å². The number of nitrogens with one attached hydrogen (secondary N) is 1. The van der Waals surface area contributed by atoms with Gasteiger partial charge in [-0.25, -0.2) is 4.98 Å². The van der Waals surface area contributed by atoms with Crippen LogP contribution in [-0.2, 0) is 13.0 Å². The Morgan fingerprint density at radius 3 is 2.79 bits per heavy atom. The van der Waals surface area contributed by atoms with Crippen molar-refractivity contribution in [2.45, 2.75) is 19.9 Å². The van der Waals surface area contributed by atoms with Gasteiger partial charge < -0.3 is 10.6 Å². The number of carbonyl (C=O) groups is 1. The van der Waals surface area contributed by atoms with Gasteiger partial charge in [0.15, 0.2) is 0 Å². The first-order valence-corrected chi connectivity index (χ1v) is 8.98. The maximum Gasteiger partial charge on any atom is 0.205 e. The molecule has 3 aromatic rings. The van der Waals surface area contributed by atoms with Gasteiger partial charge in [-0.1, -0.05) is 29.8 Å². The normalized spacial score (nSPS) is 17.0. The zero-order chi connectivity index (χ0) is 16.8. The van der Waals surface area contributed by atoms with Gasteiger partial charge in [0.1, 0.15) is 16.3 Å². The Hall–Kier alpha value is -2.24. The van der Waals surface area contributed by atoms with Crippen LogP contribution in [0.5, 0.6) is 0 Å². The van der Waals surface area contributed by atoms with Crippen LogP contribution in [0.25, 0.3) is 10.2 Å². The lowest BCUT2D eigenvalue weighted by atomic mass is 10.0. The van der Waals surface area contributed by atoms with E-state index in [0.29, 0.717) is 16.1 Å². The van der Waals surface area contributed by atoms with Gasteiger partial charge in [0, 0.05) is 22.9 Å². The second kappa shape index (κ2) is 5.69. The Balaban J connectivity index is 1.80. The molecule has 122 valence electrons. The summed E-state index contributed by atoms with van der Waals surface area (Å²) in [4.78, 5) is 20.6. The van der Waals surface area contributed by atoms with Gasteiger partial charge in [-0.15, -0.1) is 11.3 Å². The number of nitrogen functional groups attached to an aromatic ring is 1. The fourth-order valence-electron chi connectivity index (χ4n) is 3.24. The predicted molar refractivity (Wildman–Crippen MR) is 97.8 cm³/mol. The Morgan fingerprint density at radius 2 is 2.04 bits per heavy atom. The number of thiophene rings is 1. The number of carbonyl (C=O) groups excluding carboxylic acids is 1. The van der Waals surface area contributed by atoms with E-state index in [1.54, 1.807) is 0 Å². The number of nitrogens with two attached hydrogens (primary N) is 1. The molecule has 1 aromatic carbocycles. The SMILES string of the molecule is Cc1ccc(C(=O)c2sc3nc4c(cc3c2N)C[NH+](C)CC4)cc1. The number of hydrogen-bond donors (Lipinski definition) is 2. The van der Waals surface area contributed by atoms with Crippen LogP contribution in [0.15, 0.2) is 30.3 Å². The lowest BCUT2D eigenvalue weighted by Crippen LogP contribution is -3.08. The van der Waals surface area contributed by atoms with Crippen LogP contribution in [0.2, 0.25) is 0 Å². The molecule has 0 saturated carbocycles. The van der Waals surface area contributed by atoms with Gasteiger partial charge in [-0.3, -0.25) is 4.79 Å². The Labute approximate surface area is 144 Å². The smallest absolute Gasteiger partial charge is 0.205 e. The van der Waals surface area contributed by atoms with Crippen molar-refractivity contribution < 1.29 is 9.69 Å². The topological polar surface area (TPSA) is 60.4 Å². The monoisotopic (exact) mass is 338 g/mol. The number of benzene rings is 1. The average Bonchev–Trinajstić information content (AvgIpc) is 2.89. The van der Waals surface area contributed by atoms with Crippen molar-refractivity contribution in [2.75, 3.05) is 19.3 Å². The Bertz CT molecular complexity index is 943. The molecule has 1 unspecified atom stereocenters. The molecule has 0 amide bonds. The second-order valence-corrected chi connectivity index (χ2v) is 7.62. The van der Waals surface area contributed by atoms with Crippen molar-refractivity contribution in [3.8, 4) is 0 Å². The quantitative estimate of drug-likeness (QED) is 0.703. The van der Waals surface area contributed by atoms with E-state index >= 15 is 0 Å². The Kier molecular flexibility index (Phi) is 3.62. The zero-order valence-electron chi connectivity index (χ0n) is 13.8. The van der Waals surface area contributed by atoms with Crippen LogP contribution in [0.3, 0.4) is 0 Å². The summed E-state index contributed by atoms with van der Waals surface area (Å²) in [5.41, 5.74) is 11.1.